The van der Waals surface area contributed by atoms with Crippen molar-refractivity contribution in [1.82, 2.24) is 0 Å². The molecule has 2 heterocycles. The SMILES string of the molecule is C=CCO[C@@H]1OC2COC(C)O[C@@H]2C(O)C1N. The summed E-state index contributed by atoms with van der Waals surface area (Å²) in [5.41, 5.74) is 5.86. The molecule has 0 aromatic heterocycles. The second kappa shape index (κ2) is 5.43. The van der Waals surface area contributed by atoms with Gasteiger partial charge in [-0.2, -0.15) is 0 Å². The quantitative estimate of drug-likeness (QED) is 0.644. The molecule has 2 aliphatic rings. The van der Waals surface area contributed by atoms with Crippen LogP contribution in [0.4, 0.5) is 0 Å². The highest BCUT2D eigenvalue weighted by Gasteiger charge is 2.47. The summed E-state index contributed by atoms with van der Waals surface area (Å²) < 4.78 is 21.8. The van der Waals surface area contributed by atoms with Gasteiger partial charge in [0.05, 0.1) is 19.3 Å². The van der Waals surface area contributed by atoms with Crippen molar-refractivity contribution in [3.63, 3.8) is 0 Å². The zero-order valence-electron chi connectivity index (χ0n) is 9.82. The molecule has 0 bridgehead atoms. The molecule has 0 aliphatic carbocycles. The Labute approximate surface area is 100 Å². The van der Waals surface area contributed by atoms with Crippen molar-refractivity contribution < 1.29 is 24.1 Å². The Balaban J connectivity index is 2.01. The Hall–Kier alpha value is -0.500. The smallest absolute Gasteiger partial charge is 0.176 e. The number of ether oxygens (including phenoxy) is 4. The van der Waals surface area contributed by atoms with Gasteiger partial charge in [0.2, 0.25) is 0 Å². The lowest BCUT2D eigenvalue weighted by Gasteiger charge is -2.46. The molecule has 6 atom stereocenters. The molecule has 0 spiro atoms. The van der Waals surface area contributed by atoms with E-state index in [1.165, 1.54) is 0 Å². The van der Waals surface area contributed by atoms with Crippen molar-refractivity contribution in [3.8, 4) is 0 Å². The molecule has 4 unspecified atom stereocenters. The van der Waals surface area contributed by atoms with Crippen LogP contribution in [-0.4, -0.2) is 55.3 Å². The standard InChI is InChI=1S/C11H19NO5/c1-3-4-14-11-8(12)9(13)10-7(17-11)5-15-6(2)16-10/h3,6-11,13H,1,4-5,12H2,2H3/t6?,7?,8?,9?,10-,11+/m0/s1. The van der Waals surface area contributed by atoms with Gasteiger partial charge in [-0.05, 0) is 6.92 Å². The van der Waals surface area contributed by atoms with E-state index in [1.54, 1.807) is 13.0 Å². The molecule has 17 heavy (non-hydrogen) atoms. The number of rotatable bonds is 3. The van der Waals surface area contributed by atoms with Crippen LogP contribution in [0, 0.1) is 0 Å². The molecule has 0 radical (unpaired) electrons. The molecular weight excluding hydrogens is 226 g/mol. The third kappa shape index (κ3) is 2.67. The Morgan fingerprint density at radius 2 is 2.29 bits per heavy atom. The first-order valence-corrected chi connectivity index (χ1v) is 5.72. The normalized spacial score (nSPS) is 46.3. The monoisotopic (exact) mass is 245 g/mol. The van der Waals surface area contributed by atoms with E-state index in [0.29, 0.717) is 13.2 Å². The lowest BCUT2D eigenvalue weighted by atomic mass is 9.97. The maximum atomic E-state index is 10.1. The molecule has 0 aromatic carbocycles. The highest BCUT2D eigenvalue weighted by Crippen LogP contribution is 2.27. The Bertz CT molecular complexity index is 273. The van der Waals surface area contributed by atoms with Gasteiger partial charge in [-0.1, -0.05) is 6.08 Å². The minimum absolute atomic E-state index is 0.320. The van der Waals surface area contributed by atoms with Gasteiger partial charge in [-0.25, -0.2) is 0 Å². The van der Waals surface area contributed by atoms with Gasteiger partial charge < -0.3 is 29.8 Å². The summed E-state index contributed by atoms with van der Waals surface area (Å²) in [6.45, 7) is 6.00. The van der Waals surface area contributed by atoms with Crippen LogP contribution in [-0.2, 0) is 18.9 Å². The van der Waals surface area contributed by atoms with E-state index < -0.39 is 24.5 Å². The van der Waals surface area contributed by atoms with Crippen molar-refractivity contribution >= 4 is 0 Å². The molecular formula is C11H19NO5. The molecule has 0 saturated carbocycles. The molecule has 2 fully saturated rings. The second-order valence-corrected chi connectivity index (χ2v) is 4.23. The van der Waals surface area contributed by atoms with E-state index in [4.69, 9.17) is 24.7 Å². The topological polar surface area (TPSA) is 83.2 Å². The summed E-state index contributed by atoms with van der Waals surface area (Å²) in [5.74, 6) is 0. The first kappa shape index (κ1) is 12.9. The molecule has 98 valence electrons. The summed E-state index contributed by atoms with van der Waals surface area (Å²) in [4.78, 5) is 0. The molecule has 2 aliphatic heterocycles. The summed E-state index contributed by atoms with van der Waals surface area (Å²) in [6.07, 6.45) is -1.05. The number of aliphatic hydroxyl groups is 1. The van der Waals surface area contributed by atoms with E-state index in [1.807, 2.05) is 0 Å². The molecule has 6 nitrogen and oxygen atoms in total. The maximum absolute atomic E-state index is 10.1. The van der Waals surface area contributed by atoms with Gasteiger partial charge in [0.1, 0.15) is 18.3 Å². The predicted molar refractivity (Wildman–Crippen MR) is 59.1 cm³/mol. The second-order valence-electron chi connectivity index (χ2n) is 4.23. The first-order valence-electron chi connectivity index (χ1n) is 5.72. The lowest BCUT2D eigenvalue weighted by molar-refractivity contribution is -0.334. The Kier molecular flexibility index (Phi) is 4.13. The van der Waals surface area contributed by atoms with Gasteiger partial charge in [0.15, 0.2) is 12.6 Å². The highest BCUT2D eigenvalue weighted by molar-refractivity contribution is 4.94. The van der Waals surface area contributed by atoms with E-state index in [-0.39, 0.29) is 12.4 Å². The highest BCUT2D eigenvalue weighted by atomic mass is 16.7. The van der Waals surface area contributed by atoms with Crippen LogP contribution in [0.2, 0.25) is 0 Å². The number of fused-ring (bicyclic) bond motifs is 1. The molecule has 3 N–H and O–H groups in total. The van der Waals surface area contributed by atoms with Crippen molar-refractivity contribution in [1.29, 1.82) is 0 Å². The summed E-state index contributed by atoms with van der Waals surface area (Å²) in [5, 5.41) is 10.1. The van der Waals surface area contributed by atoms with Crippen molar-refractivity contribution in [2.75, 3.05) is 13.2 Å². The summed E-state index contributed by atoms with van der Waals surface area (Å²) in [6, 6.07) is -0.638. The zero-order chi connectivity index (χ0) is 12.4. The number of nitrogens with two attached hydrogens (primary N) is 1. The number of hydrogen-bond donors (Lipinski definition) is 2. The van der Waals surface area contributed by atoms with Crippen molar-refractivity contribution in [2.45, 2.75) is 43.9 Å². The third-order valence-electron chi connectivity index (χ3n) is 2.94. The molecule has 0 aromatic rings. The lowest BCUT2D eigenvalue weighted by Crippen LogP contribution is -2.65. The largest absolute Gasteiger partial charge is 0.388 e. The molecule has 2 saturated heterocycles. The van der Waals surface area contributed by atoms with Crippen LogP contribution in [0.5, 0.6) is 0 Å². The number of aliphatic hydroxyl groups excluding tert-OH is 1. The van der Waals surface area contributed by atoms with Crippen molar-refractivity contribution in [2.24, 2.45) is 5.73 Å². The first-order chi connectivity index (χ1) is 8.13. The molecule has 0 amide bonds. The van der Waals surface area contributed by atoms with Gasteiger partial charge in [0, 0.05) is 0 Å². The predicted octanol–water partition coefficient (Wildman–Crippen LogP) is -0.636. The van der Waals surface area contributed by atoms with Crippen LogP contribution in [0.1, 0.15) is 6.92 Å². The van der Waals surface area contributed by atoms with Gasteiger partial charge in [-0.3, -0.25) is 0 Å². The minimum Gasteiger partial charge on any atom is -0.388 e. The zero-order valence-corrected chi connectivity index (χ0v) is 9.82. The van der Waals surface area contributed by atoms with E-state index in [9.17, 15) is 5.11 Å². The third-order valence-corrected chi connectivity index (χ3v) is 2.94. The summed E-state index contributed by atoms with van der Waals surface area (Å²) >= 11 is 0. The maximum Gasteiger partial charge on any atom is 0.176 e. The fourth-order valence-corrected chi connectivity index (χ4v) is 2.05. The fourth-order valence-electron chi connectivity index (χ4n) is 2.05. The van der Waals surface area contributed by atoms with E-state index in [2.05, 4.69) is 6.58 Å². The van der Waals surface area contributed by atoms with Crippen LogP contribution in [0.3, 0.4) is 0 Å². The van der Waals surface area contributed by atoms with Crippen LogP contribution >= 0.6 is 0 Å². The Morgan fingerprint density at radius 3 is 3.00 bits per heavy atom. The Morgan fingerprint density at radius 1 is 1.53 bits per heavy atom. The average Bonchev–Trinajstić information content (AvgIpc) is 2.33. The van der Waals surface area contributed by atoms with E-state index >= 15 is 0 Å². The summed E-state index contributed by atoms with van der Waals surface area (Å²) in [7, 11) is 0. The number of hydrogen-bond acceptors (Lipinski definition) is 6. The minimum atomic E-state index is -0.824. The molecule has 2 rings (SSSR count). The molecule has 6 heteroatoms. The average molecular weight is 245 g/mol. The van der Waals surface area contributed by atoms with Crippen LogP contribution in [0.25, 0.3) is 0 Å². The van der Waals surface area contributed by atoms with Crippen LogP contribution < -0.4 is 5.73 Å². The van der Waals surface area contributed by atoms with Gasteiger partial charge in [-0.15, -0.1) is 6.58 Å². The van der Waals surface area contributed by atoms with Gasteiger partial charge >= 0.3 is 0 Å². The van der Waals surface area contributed by atoms with Gasteiger partial charge in [0.25, 0.3) is 0 Å². The van der Waals surface area contributed by atoms with Crippen molar-refractivity contribution in [3.05, 3.63) is 12.7 Å². The fraction of sp³-hybridized carbons (Fsp3) is 0.818. The van der Waals surface area contributed by atoms with Crippen LogP contribution in [0.15, 0.2) is 12.7 Å². The van der Waals surface area contributed by atoms with E-state index in [0.717, 1.165) is 0 Å².